The number of nitrogens with zero attached hydrogens (tertiary/aromatic N) is 2. The molecule has 7 nitrogen and oxygen atoms in total. The molecule has 0 spiro atoms. The van der Waals surface area contributed by atoms with Gasteiger partial charge in [-0.15, -0.1) is 0 Å². The van der Waals surface area contributed by atoms with Crippen LogP contribution in [0.3, 0.4) is 0 Å². The highest BCUT2D eigenvalue weighted by Gasteiger charge is 2.30. The van der Waals surface area contributed by atoms with Gasteiger partial charge in [-0.3, -0.25) is 10.2 Å². The van der Waals surface area contributed by atoms with Crippen molar-refractivity contribution in [2.75, 3.05) is 0 Å². The SMILES string of the molecule is O=C(NC1CC(CC2CCCCC2)NN1)c1oc2ccccc2c1CSc1ncccn1. The molecule has 3 aromatic rings. The number of fused-ring (bicyclic) bond motifs is 1. The first-order chi connectivity index (χ1) is 15.8. The Labute approximate surface area is 192 Å². The molecule has 3 heterocycles. The number of carbonyl (C=O) groups is 1. The summed E-state index contributed by atoms with van der Waals surface area (Å²) in [6.07, 6.45) is 12.1. The van der Waals surface area contributed by atoms with Crippen LogP contribution in [0.25, 0.3) is 11.0 Å². The lowest BCUT2D eigenvalue weighted by molar-refractivity contribution is 0.0905. The average Bonchev–Trinajstić information content (AvgIpc) is 3.43. The summed E-state index contributed by atoms with van der Waals surface area (Å²) in [4.78, 5) is 21.7. The molecule has 8 heteroatoms. The molecule has 1 saturated carbocycles. The van der Waals surface area contributed by atoms with Crippen LogP contribution in [-0.2, 0) is 5.75 Å². The van der Waals surface area contributed by atoms with Gasteiger partial charge in [-0.1, -0.05) is 62.1 Å². The molecule has 168 valence electrons. The monoisotopic (exact) mass is 451 g/mol. The van der Waals surface area contributed by atoms with Gasteiger partial charge in [-0.25, -0.2) is 15.4 Å². The molecule has 5 rings (SSSR count). The van der Waals surface area contributed by atoms with E-state index in [4.69, 9.17) is 4.42 Å². The highest BCUT2D eigenvalue weighted by Crippen LogP contribution is 2.32. The third-order valence-electron chi connectivity index (χ3n) is 6.42. The van der Waals surface area contributed by atoms with Crippen LogP contribution in [0.1, 0.15) is 61.1 Å². The van der Waals surface area contributed by atoms with Crippen LogP contribution in [0, 0.1) is 5.92 Å². The second-order valence-electron chi connectivity index (χ2n) is 8.71. The van der Waals surface area contributed by atoms with Crippen molar-refractivity contribution in [2.45, 2.75) is 68.1 Å². The fourth-order valence-electron chi connectivity index (χ4n) is 4.84. The van der Waals surface area contributed by atoms with E-state index in [1.807, 2.05) is 24.3 Å². The van der Waals surface area contributed by atoms with Gasteiger partial charge in [-0.05, 0) is 30.9 Å². The Morgan fingerprint density at radius 1 is 1.09 bits per heavy atom. The first-order valence-corrected chi connectivity index (χ1v) is 12.5. The fourth-order valence-corrected chi connectivity index (χ4v) is 5.67. The standard InChI is InChI=1S/C24H29N5O2S/c30-23(27-21-14-17(28-29-21)13-16-7-2-1-3-8-16)22-19(15-32-24-25-11-6-12-26-24)18-9-4-5-10-20(18)31-22/h4-6,9-12,16-17,21,28-29H,1-3,7-8,13-15H2,(H,27,30). The Morgan fingerprint density at radius 2 is 1.91 bits per heavy atom. The Bertz CT molecular complexity index is 1050. The molecule has 1 aromatic carbocycles. The van der Waals surface area contributed by atoms with Gasteiger partial charge >= 0.3 is 0 Å². The van der Waals surface area contributed by atoms with E-state index < -0.39 is 0 Å². The summed E-state index contributed by atoms with van der Waals surface area (Å²) in [5.41, 5.74) is 8.23. The lowest BCUT2D eigenvalue weighted by atomic mass is 9.84. The molecule has 1 aliphatic heterocycles. The average molecular weight is 452 g/mol. The number of nitrogens with one attached hydrogen (secondary N) is 3. The molecule has 0 radical (unpaired) electrons. The third-order valence-corrected chi connectivity index (χ3v) is 7.32. The van der Waals surface area contributed by atoms with E-state index in [2.05, 4.69) is 26.1 Å². The minimum atomic E-state index is -0.191. The lowest BCUT2D eigenvalue weighted by Crippen LogP contribution is -2.44. The van der Waals surface area contributed by atoms with Crippen molar-refractivity contribution in [1.82, 2.24) is 26.1 Å². The van der Waals surface area contributed by atoms with Crippen molar-refractivity contribution < 1.29 is 9.21 Å². The largest absolute Gasteiger partial charge is 0.451 e. The molecular weight excluding hydrogens is 422 g/mol. The van der Waals surface area contributed by atoms with E-state index in [1.54, 1.807) is 18.5 Å². The quantitative estimate of drug-likeness (QED) is 0.362. The van der Waals surface area contributed by atoms with Crippen LogP contribution >= 0.6 is 11.8 Å². The van der Waals surface area contributed by atoms with Crippen molar-refractivity contribution >= 4 is 28.6 Å². The zero-order valence-corrected chi connectivity index (χ0v) is 18.9. The number of para-hydroxylation sites is 1. The van der Waals surface area contributed by atoms with Gasteiger partial charge in [-0.2, -0.15) is 0 Å². The Balaban J connectivity index is 1.26. The minimum Gasteiger partial charge on any atom is -0.451 e. The van der Waals surface area contributed by atoms with Gasteiger partial charge < -0.3 is 9.73 Å². The summed E-state index contributed by atoms with van der Waals surface area (Å²) in [7, 11) is 0. The molecule has 2 unspecified atom stereocenters. The lowest BCUT2D eigenvalue weighted by Gasteiger charge is -2.24. The summed E-state index contributed by atoms with van der Waals surface area (Å²) in [5, 5.41) is 4.74. The molecular formula is C24H29N5O2S. The van der Waals surface area contributed by atoms with Crippen LogP contribution in [0.5, 0.6) is 0 Å². The molecule has 2 aromatic heterocycles. The van der Waals surface area contributed by atoms with Gasteiger partial charge in [0.1, 0.15) is 5.58 Å². The summed E-state index contributed by atoms with van der Waals surface area (Å²) >= 11 is 1.50. The maximum Gasteiger partial charge on any atom is 0.288 e. The predicted molar refractivity (Wildman–Crippen MR) is 125 cm³/mol. The number of hydrogen-bond donors (Lipinski definition) is 3. The van der Waals surface area contributed by atoms with Crippen LogP contribution in [0.2, 0.25) is 0 Å². The molecule has 2 atom stereocenters. The molecule has 32 heavy (non-hydrogen) atoms. The van der Waals surface area contributed by atoms with Gasteiger partial charge in [0, 0.05) is 35.1 Å². The maximum absolute atomic E-state index is 13.2. The zero-order valence-electron chi connectivity index (χ0n) is 18.0. The highest BCUT2D eigenvalue weighted by atomic mass is 32.2. The van der Waals surface area contributed by atoms with Crippen molar-refractivity contribution in [3.63, 3.8) is 0 Å². The molecule has 1 aliphatic carbocycles. The molecule has 2 fully saturated rings. The number of thioether (sulfide) groups is 1. The van der Waals surface area contributed by atoms with Crippen molar-refractivity contribution in [1.29, 1.82) is 0 Å². The zero-order chi connectivity index (χ0) is 21.8. The maximum atomic E-state index is 13.2. The van der Waals surface area contributed by atoms with Gasteiger partial charge in [0.25, 0.3) is 5.91 Å². The van der Waals surface area contributed by atoms with Crippen LogP contribution in [-0.4, -0.2) is 28.1 Å². The smallest absolute Gasteiger partial charge is 0.288 e. The Kier molecular flexibility index (Phi) is 6.71. The number of rotatable bonds is 7. The molecule has 3 N–H and O–H groups in total. The van der Waals surface area contributed by atoms with Crippen molar-refractivity contribution in [2.24, 2.45) is 5.92 Å². The first kappa shape index (κ1) is 21.4. The molecule has 1 amide bonds. The molecule has 0 bridgehead atoms. The first-order valence-electron chi connectivity index (χ1n) is 11.5. The van der Waals surface area contributed by atoms with E-state index in [0.717, 1.165) is 28.9 Å². The number of benzene rings is 1. The van der Waals surface area contributed by atoms with Crippen molar-refractivity contribution in [3.8, 4) is 0 Å². The Morgan fingerprint density at radius 3 is 2.75 bits per heavy atom. The Hall–Kier alpha value is -2.42. The normalized spacial score (nSPS) is 21.8. The number of aromatic nitrogens is 2. The third kappa shape index (κ3) is 4.98. The number of hydrogen-bond acceptors (Lipinski definition) is 7. The summed E-state index contributed by atoms with van der Waals surface area (Å²) in [6.45, 7) is 0. The van der Waals surface area contributed by atoms with Crippen LogP contribution in [0.4, 0.5) is 0 Å². The number of carbonyl (C=O) groups excluding carboxylic acids is 1. The number of amides is 1. The summed E-state index contributed by atoms with van der Waals surface area (Å²) < 4.78 is 5.99. The van der Waals surface area contributed by atoms with E-state index in [-0.39, 0.29) is 12.1 Å². The van der Waals surface area contributed by atoms with E-state index in [9.17, 15) is 4.79 Å². The summed E-state index contributed by atoms with van der Waals surface area (Å²) in [6, 6.07) is 9.96. The number of furan rings is 1. The van der Waals surface area contributed by atoms with E-state index in [0.29, 0.717) is 22.7 Å². The molecule has 2 aliphatic rings. The number of hydrazine groups is 1. The second-order valence-corrected chi connectivity index (χ2v) is 9.66. The van der Waals surface area contributed by atoms with Crippen LogP contribution < -0.4 is 16.2 Å². The summed E-state index contributed by atoms with van der Waals surface area (Å²) in [5.74, 6) is 1.54. The topological polar surface area (TPSA) is 92.1 Å². The van der Waals surface area contributed by atoms with Gasteiger partial charge in [0.2, 0.25) is 0 Å². The minimum absolute atomic E-state index is 0.109. The van der Waals surface area contributed by atoms with E-state index >= 15 is 0 Å². The highest BCUT2D eigenvalue weighted by molar-refractivity contribution is 7.98. The van der Waals surface area contributed by atoms with E-state index in [1.165, 1.54) is 50.3 Å². The second kappa shape index (κ2) is 10.0. The fraction of sp³-hybridized carbons (Fsp3) is 0.458. The van der Waals surface area contributed by atoms with Gasteiger partial charge in [0.15, 0.2) is 10.9 Å². The van der Waals surface area contributed by atoms with Gasteiger partial charge in [0.05, 0.1) is 6.17 Å². The van der Waals surface area contributed by atoms with Crippen LogP contribution in [0.15, 0.2) is 52.3 Å². The molecule has 1 saturated heterocycles. The van der Waals surface area contributed by atoms with Crippen molar-refractivity contribution in [3.05, 3.63) is 54.0 Å². The predicted octanol–water partition coefficient (Wildman–Crippen LogP) is 4.41.